The van der Waals surface area contributed by atoms with Crippen LogP contribution in [0.4, 0.5) is 0 Å². The molecule has 2 heterocycles. The average molecular weight is 342 g/mol. The third kappa shape index (κ3) is 3.16. The van der Waals surface area contributed by atoms with Crippen molar-refractivity contribution in [3.8, 4) is 0 Å². The fourth-order valence-electron chi connectivity index (χ4n) is 3.38. The molecule has 0 bridgehead atoms. The number of hydrogen-bond donors (Lipinski definition) is 0. The maximum absolute atomic E-state index is 12.9. The van der Waals surface area contributed by atoms with Gasteiger partial charge in [-0.2, -0.15) is 0 Å². The van der Waals surface area contributed by atoms with Gasteiger partial charge in [0, 0.05) is 25.0 Å². The van der Waals surface area contributed by atoms with Crippen LogP contribution in [0.2, 0.25) is 0 Å². The van der Waals surface area contributed by atoms with Gasteiger partial charge in [-0.15, -0.1) is 0 Å². The second-order valence-corrected chi connectivity index (χ2v) is 6.15. The van der Waals surface area contributed by atoms with Gasteiger partial charge in [0.2, 0.25) is 5.91 Å². The lowest BCUT2D eigenvalue weighted by Gasteiger charge is -2.28. The van der Waals surface area contributed by atoms with Gasteiger partial charge in [0.1, 0.15) is 17.2 Å². The van der Waals surface area contributed by atoms with Crippen LogP contribution in [-0.2, 0) is 4.79 Å². The molecule has 1 aromatic carbocycles. The highest BCUT2D eigenvalue weighted by Crippen LogP contribution is 2.22. The molecule has 0 N–H and O–H groups in total. The molecule has 1 saturated heterocycles. The van der Waals surface area contributed by atoms with Crippen LogP contribution in [-0.4, -0.2) is 47.3 Å². The van der Waals surface area contributed by atoms with Crippen LogP contribution in [0.15, 0.2) is 39.5 Å². The summed E-state index contributed by atoms with van der Waals surface area (Å²) in [4.78, 5) is 41.1. The normalized spacial score (nSPS) is 17.0. The Hall–Kier alpha value is -2.63. The van der Waals surface area contributed by atoms with E-state index in [1.165, 1.54) is 4.90 Å². The highest BCUT2D eigenvalue weighted by atomic mass is 16.4. The maximum Gasteiger partial charge on any atom is 0.349 e. The fourth-order valence-corrected chi connectivity index (χ4v) is 3.38. The number of likely N-dealkylation sites (N-methyl/N-ethyl adjacent to an activating group) is 1. The van der Waals surface area contributed by atoms with E-state index in [4.69, 9.17) is 4.42 Å². The zero-order valence-corrected chi connectivity index (χ0v) is 14.5. The van der Waals surface area contributed by atoms with E-state index >= 15 is 0 Å². The van der Waals surface area contributed by atoms with E-state index in [1.807, 2.05) is 19.9 Å². The zero-order chi connectivity index (χ0) is 18.0. The number of amides is 2. The fraction of sp³-hybridized carbons (Fsp3) is 0.421. The van der Waals surface area contributed by atoms with E-state index in [0.717, 1.165) is 6.42 Å². The molecule has 0 aliphatic carbocycles. The monoisotopic (exact) mass is 342 g/mol. The summed E-state index contributed by atoms with van der Waals surface area (Å²) >= 11 is 0. The Morgan fingerprint density at radius 1 is 1.24 bits per heavy atom. The number of carbonyl (C=O) groups excluding carboxylic acids is 2. The first-order valence-electron chi connectivity index (χ1n) is 8.69. The molecule has 0 radical (unpaired) electrons. The number of likely N-dealkylation sites (tertiary alicyclic amines) is 1. The minimum atomic E-state index is -0.662. The summed E-state index contributed by atoms with van der Waals surface area (Å²) in [6.45, 7) is 5.52. The van der Waals surface area contributed by atoms with Crippen molar-refractivity contribution in [3.05, 3.63) is 46.3 Å². The Balaban J connectivity index is 1.93. The van der Waals surface area contributed by atoms with Crippen LogP contribution in [0.1, 0.15) is 37.0 Å². The number of fused-ring (bicyclic) bond motifs is 1. The standard InChI is InChI=1S/C19H22N2O4/c1-3-20(4-2)18(23)15-9-7-11-21(15)17(22)14-12-13-8-5-6-10-16(13)25-19(14)24/h5-6,8,10,12,15H,3-4,7,9,11H2,1-2H3. The molecule has 1 atom stereocenters. The number of nitrogens with zero attached hydrogens (tertiary/aromatic N) is 2. The van der Waals surface area contributed by atoms with E-state index in [9.17, 15) is 14.4 Å². The Morgan fingerprint density at radius 2 is 1.96 bits per heavy atom. The Labute approximate surface area is 146 Å². The molecule has 0 saturated carbocycles. The van der Waals surface area contributed by atoms with E-state index in [0.29, 0.717) is 37.0 Å². The minimum Gasteiger partial charge on any atom is -0.422 e. The number of hydrogen-bond acceptors (Lipinski definition) is 4. The molecule has 2 aromatic rings. The van der Waals surface area contributed by atoms with Gasteiger partial charge in [0.25, 0.3) is 5.91 Å². The lowest BCUT2D eigenvalue weighted by atomic mass is 10.1. The summed E-state index contributed by atoms with van der Waals surface area (Å²) in [5, 5.41) is 0.691. The van der Waals surface area contributed by atoms with Crippen molar-refractivity contribution in [1.29, 1.82) is 0 Å². The molecule has 6 heteroatoms. The van der Waals surface area contributed by atoms with Gasteiger partial charge in [-0.3, -0.25) is 9.59 Å². The van der Waals surface area contributed by atoms with E-state index < -0.39 is 17.6 Å². The summed E-state index contributed by atoms with van der Waals surface area (Å²) in [5.74, 6) is -0.483. The molecule has 132 valence electrons. The van der Waals surface area contributed by atoms with E-state index in [-0.39, 0.29) is 11.5 Å². The third-order valence-corrected chi connectivity index (χ3v) is 4.75. The van der Waals surface area contributed by atoms with Crippen LogP contribution < -0.4 is 5.63 Å². The molecule has 1 aromatic heterocycles. The molecular formula is C19H22N2O4. The topological polar surface area (TPSA) is 70.8 Å². The van der Waals surface area contributed by atoms with Crippen LogP contribution in [0.3, 0.4) is 0 Å². The van der Waals surface area contributed by atoms with E-state index in [1.54, 1.807) is 29.2 Å². The first-order valence-corrected chi connectivity index (χ1v) is 8.69. The van der Waals surface area contributed by atoms with Gasteiger partial charge in [-0.25, -0.2) is 4.79 Å². The van der Waals surface area contributed by atoms with Gasteiger partial charge in [0.05, 0.1) is 0 Å². The number of benzene rings is 1. The smallest absolute Gasteiger partial charge is 0.349 e. The predicted molar refractivity (Wildman–Crippen MR) is 94.5 cm³/mol. The average Bonchev–Trinajstić information content (AvgIpc) is 3.11. The van der Waals surface area contributed by atoms with Gasteiger partial charge in [0.15, 0.2) is 0 Å². The second kappa shape index (κ2) is 7.09. The van der Waals surface area contributed by atoms with Crippen molar-refractivity contribution >= 4 is 22.8 Å². The summed E-state index contributed by atoms with van der Waals surface area (Å²) in [6.07, 6.45) is 1.38. The van der Waals surface area contributed by atoms with Gasteiger partial charge in [-0.1, -0.05) is 18.2 Å². The van der Waals surface area contributed by atoms with Crippen molar-refractivity contribution in [1.82, 2.24) is 9.80 Å². The largest absolute Gasteiger partial charge is 0.422 e. The van der Waals surface area contributed by atoms with Crippen molar-refractivity contribution in [2.75, 3.05) is 19.6 Å². The molecular weight excluding hydrogens is 320 g/mol. The Morgan fingerprint density at radius 3 is 2.68 bits per heavy atom. The molecule has 0 spiro atoms. The number of rotatable bonds is 4. The third-order valence-electron chi connectivity index (χ3n) is 4.75. The summed E-state index contributed by atoms with van der Waals surface area (Å²) in [7, 11) is 0. The van der Waals surface area contributed by atoms with Crippen molar-refractivity contribution < 1.29 is 14.0 Å². The maximum atomic E-state index is 12.9. The summed E-state index contributed by atoms with van der Waals surface area (Å²) < 4.78 is 5.26. The molecule has 1 aliphatic rings. The van der Waals surface area contributed by atoms with Gasteiger partial charge < -0.3 is 14.2 Å². The Kier molecular flexibility index (Phi) is 4.88. The highest BCUT2D eigenvalue weighted by Gasteiger charge is 2.37. The van der Waals surface area contributed by atoms with Crippen LogP contribution in [0.25, 0.3) is 11.0 Å². The van der Waals surface area contributed by atoms with Crippen LogP contribution >= 0.6 is 0 Å². The lowest BCUT2D eigenvalue weighted by molar-refractivity contribution is -0.134. The zero-order valence-electron chi connectivity index (χ0n) is 14.5. The summed E-state index contributed by atoms with van der Waals surface area (Å²) in [6, 6.07) is 8.12. The molecule has 1 aliphatic heterocycles. The highest BCUT2D eigenvalue weighted by molar-refractivity contribution is 5.99. The Bertz CT molecular complexity index is 854. The minimum absolute atomic E-state index is 0.0158. The molecule has 2 amide bonds. The predicted octanol–water partition coefficient (Wildman–Crippen LogP) is 2.27. The van der Waals surface area contributed by atoms with Crippen molar-refractivity contribution in [2.24, 2.45) is 0 Å². The summed E-state index contributed by atoms with van der Waals surface area (Å²) in [5.41, 5.74) is -0.233. The lowest BCUT2D eigenvalue weighted by Crippen LogP contribution is -2.48. The van der Waals surface area contributed by atoms with Crippen LogP contribution in [0, 0.1) is 0 Å². The molecule has 25 heavy (non-hydrogen) atoms. The SMILES string of the molecule is CCN(CC)C(=O)C1CCCN1C(=O)c1cc2ccccc2oc1=O. The first kappa shape index (κ1) is 17.2. The van der Waals surface area contributed by atoms with Gasteiger partial charge >= 0.3 is 5.63 Å². The molecule has 1 fully saturated rings. The number of carbonyl (C=O) groups is 2. The van der Waals surface area contributed by atoms with E-state index in [2.05, 4.69) is 0 Å². The van der Waals surface area contributed by atoms with Crippen LogP contribution in [0.5, 0.6) is 0 Å². The molecule has 3 rings (SSSR count). The molecule has 6 nitrogen and oxygen atoms in total. The number of para-hydroxylation sites is 1. The van der Waals surface area contributed by atoms with Gasteiger partial charge in [-0.05, 0) is 38.8 Å². The molecule has 1 unspecified atom stereocenters. The first-order chi connectivity index (χ1) is 12.1. The second-order valence-electron chi connectivity index (χ2n) is 6.15. The van der Waals surface area contributed by atoms with Crippen molar-refractivity contribution in [2.45, 2.75) is 32.7 Å². The van der Waals surface area contributed by atoms with Crippen molar-refractivity contribution in [3.63, 3.8) is 0 Å². The quantitative estimate of drug-likeness (QED) is 0.799.